The Morgan fingerprint density at radius 2 is 1.70 bits per heavy atom. The van der Waals surface area contributed by atoms with E-state index in [-0.39, 0.29) is 0 Å². The minimum absolute atomic E-state index is 0.361. The molecule has 0 aromatic heterocycles. The molecule has 1 spiro atoms. The lowest BCUT2D eigenvalue weighted by Crippen LogP contribution is -2.38. The average molecular weight is 309 g/mol. The summed E-state index contributed by atoms with van der Waals surface area (Å²) in [5.74, 6) is 1.88. The van der Waals surface area contributed by atoms with Crippen LogP contribution in [-0.2, 0) is 11.8 Å². The van der Waals surface area contributed by atoms with E-state index in [0.717, 1.165) is 24.5 Å². The van der Waals surface area contributed by atoms with E-state index in [0.29, 0.717) is 11.5 Å². The maximum Gasteiger partial charge on any atom is 0.119 e. The predicted molar refractivity (Wildman–Crippen MR) is 91.3 cm³/mol. The Bertz CT molecular complexity index is 704. The molecule has 4 rings (SSSR count). The smallest absolute Gasteiger partial charge is 0.119 e. The SMILES string of the molecule is COc1ccc(CC2NCC3(CC3)c3cc(OC)ccc32)cc1. The maximum absolute atomic E-state index is 5.45. The zero-order valence-corrected chi connectivity index (χ0v) is 13.8. The van der Waals surface area contributed by atoms with Gasteiger partial charge in [0.1, 0.15) is 11.5 Å². The van der Waals surface area contributed by atoms with Gasteiger partial charge in [0.25, 0.3) is 0 Å². The minimum Gasteiger partial charge on any atom is -0.497 e. The molecule has 23 heavy (non-hydrogen) atoms. The first kappa shape index (κ1) is 14.6. The summed E-state index contributed by atoms with van der Waals surface area (Å²) in [6, 6.07) is 15.3. The Morgan fingerprint density at radius 3 is 2.35 bits per heavy atom. The largest absolute Gasteiger partial charge is 0.497 e. The summed E-state index contributed by atoms with van der Waals surface area (Å²) in [5.41, 5.74) is 4.62. The highest BCUT2D eigenvalue weighted by Crippen LogP contribution is 2.53. The standard InChI is InChI=1S/C20H23NO2/c1-22-15-5-3-14(4-6-15)11-19-17-8-7-16(23-2)12-18(17)20(9-10-20)13-21-19/h3-8,12,19,21H,9-11,13H2,1-2H3. The van der Waals surface area contributed by atoms with E-state index < -0.39 is 0 Å². The summed E-state index contributed by atoms with van der Waals surface area (Å²) in [6.45, 7) is 1.08. The lowest BCUT2D eigenvalue weighted by Gasteiger charge is -2.33. The lowest BCUT2D eigenvalue weighted by molar-refractivity contribution is 0.405. The Labute approximate surface area is 137 Å². The van der Waals surface area contributed by atoms with Gasteiger partial charge >= 0.3 is 0 Å². The number of methoxy groups -OCH3 is 2. The Hall–Kier alpha value is -2.00. The molecule has 1 heterocycles. The molecule has 0 bridgehead atoms. The predicted octanol–water partition coefficient (Wildman–Crippen LogP) is 3.62. The fourth-order valence-electron chi connectivity index (χ4n) is 3.73. The quantitative estimate of drug-likeness (QED) is 0.935. The van der Waals surface area contributed by atoms with Gasteiger partial charge in [-0.2, -0.15) is 0 Å². The third-order valence-electron chi connectivity index (χ3n) is 5.35. The van der Waals surface area contributed by atoms with E-state index in [1.165, 1.54) is 29.5 Å². The molecule has 120 valence electrons. The number of ether oxygens (including phenoxy) is 2. The van der Waals surface area contributed by atoms with Crippen molar-refractivity contribution < 1.29 is 9.47 Å². The van der Waals surface area contributed by atoms with E-state index in [9.17, 15) is 0 Å². The van der Waals surface area contributed by atoms with Gasteiger partial charge in [-0.3, -0.25) is 0 Å². The van der Waals surface area contributed by atoms with Gasteiger partial charge in [0.15, 0.2) is 0 Å². The van der Waals surface area contributed by atoms with Gasteiger partial charge in [-0.15, -0.1) is 0 Å². The summed E-state index contributed by atoms with van der Waals surface area (Å²) in [7, 11) is 3.45. The zero-order chi connectivity index (χ0) is 15.9. The van der Waals surface area contributed by atoms with Gasteiger partial charge in [0.2, 0.25) is 0 Å². The second-order valence-corrected chi connectivity index (χ2v) is 6.72. The van der Waals surface area contributed by atoms with Crippen LogP contribution in [-0.4, -0.2) is 20.8 Å². The average Bonchev–Trinajstić information content (AvgIpc) is 3.39. The highest BCUT2D eigenvalue weighted by Gasteiger charge is 2.48. The molecular weight excluding hydrogens is 286 g/mol. The third-order valence-corrected chi connectivity index (χ3v) is 5.35. The molecule has 1 fully saturated rings. The molecule has 0 saturated heterocycles. The summed E-state index contributed by atoms with van der Waals surface area (Å²) < 4.78 is 10.7. The van der Waals surface area contributed by atoms with Crippen molar-refractivity contribution in [2.75, 3.05) is 20.8 Å². The second-order valence-electron chi connectivity index (χ2n) is 6.72. The van der Waals surface area contributed by atoms with E-state index in [1.54, 1.807) is 14.2 Å². The molecule has 1 saturated carbocycles. The van der Waals surface area contributed by atoms with Gasteiger partial charge in [-0.25, -0.2) is 0 Å². The first-order valence-corrected chi connectivity index (χ1v) is 8.29. The normalized spacial score (nSPS) is 20.9. The zero-order valence-electron chi connectivity index (χ0n) is 13.8. The summed E-state index contributed by atoms with van der Waals surface area (Å²) in [6.07, 6.45) is 3.57. The van der Waals surface area contributed by atoms with Crippen LogP contribution in [0.4, 0.5) is 0 Å². The topological polar surface area (TPSA) is 30.5 Å². The molecule has 1 unspecified atom stereocenters. The molecule has 0 amide bonds. The van der Waals surface area contributed by atoms with E-state index >= 15 is 0 Å². The van der Waals surface area contributed by atoms with Crippen molar-refractivity contribution in [3.63, 3.8) is 0 Å². The first-order valence-electron chi connectivity index (χ1n) is 8.29. The van der Waals surface area contributed by atoms with E-state index in [4.69, 9.17) is 9.47 Å². The number of rotatable bonds is 4. The fraction of sp³-hybridized carbons (Fsp3) is 0.400. The molecule has 0 radical (unpaired) electrons. The van der Waals surface area contributed by atoms with Gasteiger partial charge in [-0.1, -0.05) is 18.2 Å². The minimum atomic E-state index is 0.361. The number of fused-ring (bicyclic) bond motifs is 2. The van der Waals surface area contributed by atoms with Gasteiger partial charge in [0, 0.05) is 18.0 Å². The van der Waals surface area contributed by atoms with Crippen LogP contribution in [0.25, 0.3) is 0 Å². The van der Waals surface area contributed by atoms with Gasteiger partial charge < -0.3 is 14.8 Å². The van der Waals surface area contributed by atoms with Crippen LogP contribution in [0.15, 0.2) is 42.5 Å². The van der Waals surface area contributed by atoms with Crippen LogP contribution < -0.4 is 14.8 Å². The first-order chi connectivity index (χ1) is 11.2. The van der Waals surface area contributed by atoms with Crippen molar-refractivity contribution >= 4 is 0 Å². The van der Waals surface area contributed by atoms with Crippen LogP contribution in [0, 0.1) is 0 Å². The molecule has 1 aliphatic carbocycles. The van der Waals surface area contributed by atoms with Crippen LogP contribution in [0.3, 0.4) is 0 Å². The second kappa shape index (κ2) is 5.57. The van der Waals surface area contributed by atoms with Crippen molar-refractivity contribution in [3.8, 4) is 11.5 Å². The molecule has 2 aromatic carbocycles. The van der Waals surface area contributed by atoms with Crippen molar-refractivity contribution in [2.24, 2.45) is 0 Å². The van der Waals surface area contributed by atoms with Gasteiger partial charge in [0.05, 0.1) is 14.2 Å². The summed E-state index contributed by atoms with van der Waals surface area (Å²) in [4.78, 5) is 0. The fourth-order valence-corrected chi connectivity index (χ4v) is 3.73. The number of nitrogens with one attached hydrogen (secondary N) is 1. The maximum atomic E-state index is 5.45. The van der Waals surface area contributed by atoms with Crippen molar-refractivity contribution in [1.29, 1.82) is 0 Å². The molecule has 1 aliphatic heterocycles. The van der Waals surface area contributed by atoms with Crippen LogP contribution >= 0.6 is 0 Å². The van der Waals surface area contributed by atoms with E-state index in [1.807, 2.05) is 12.1 Å². The highest BCUT2D eigenvalue weighted by molar-refractivity contribution is 5.48. The molecule has 1 atom stereocenters. The number of hydrogen-bond acceptors (Lipinski definition) is 3. The monoisotopic (exact) mass is 309 g/mol. The molecule has 3 heteroatoms. The molecule has 3 nitrogen and oxygen atoms in total. The summed E-state index contributed by atoms with van der Waals surface area (Å²) >= 11 is 0. The van der Waals surface area contributed by atoms with Crippen LogP contribution in [0.1, 0.15) is 35.6 Å². The highest BCUT2D eigenvalue weighted by atomic mass is 16.5. The summed E-state index contributed by atoms with van der Waals surface area (Å²) in [5, 5.41) is 3.77. The number of benzene rings is 2. The van der Waals surface area contributed by atoms with Gasteiger partial charge in [-0.05, 0) is 60.2 Å². The van der Waals surface area contributed by atoms with Crippen molar-refractivity contribution in [3.05, 3.63) is 59.2 Å². The molecule has 2 aliphatic rings. The van der Waals surface area contributed by atoms with Crippen molar-refractivity contribution in [1.82, 2.24) is 5.32 Å². The van der Waals surface area contributed by atoms with Crippen LogP contribution in [0.5, 0.6) is 11.5 Å². The van der Waals surface area contributed by atoms with Crippen molar-refractivity contribution in [2.45, 2.75) is 30.7 Å². The Kier molecular flexibility index (Phi) is 3.53. The third kappa shape index (κ3) is 2.59. The lowest BCUT2D eigenvalue weighted by atomic mass is 9.82. The van der Waals surface area contributed by atoms with E-state index in [2.05, 4.69) is 35.6 Å². The molecular formula is C20H23NO2. The Morgan fingerprint density at radius 1 is 1.00 bits per heavy atom. The number of hydrogen-bond donors (Lipinski definition) is 1. The van der Waals surface area contributed by atoms with Crippen LogP contribution in [0.2, 0.25) is 0 Å². The molecule has 2 aromatic rings. The Balaban J connectivity index is 1.63. The molecule has 1 N–H and O–H groups in total.